The van der Waals surface area contributed by atoms with Gasteiger partial charge in [0.05, 0.1) is 0 Å². The van der Waals surface area contributed by atoms with E-state index in [0.717, 1.165) is 0 Å². The molecule has 10 rings (SSSR count). The summed E-state index contributed by atoms with van der Waals surface area (Å²) in [5.41, 5.74) is 12.4. The number of hydrogen-bond acceptors (Lipinski definition) is 0. The van der Waals surface area contributed by atoms with Crippen molar-refractivity contribution in [3.05, 3.63) is 206 Å². The lowest BCUT2D eigenvalue weighted by atomic mass is 9.85. The molecule has 0 atom stereocenters. The highest BCUT2D eigenvalue weighted by molar-refractivity contribution is 6.21. The summed E-state index contributed by atoms with van der Waals surface area (Å²) < 4.78 is 0. The van der Waals surface area contributed by atoms with Crippen LogP contribution in [0.25, 0.3) is 98.7 Å². The number of rotatable bonds is 5. The quantitative estimate of drug-likeness (QED) is 0.161. The molecule has 0 heterocycles. The number of hydrogen-bond donors (Lipinski definition) is 0. The SMILES string of the molecule is c1ccc(-c2ccc3cc(-c4cccc(-c5ccc(-c6c7ccccc7c(-c7ccc8ccccc8c7)c7ccccc67)cc5)c4)ccc3c2)cc1. The molecule has 10 aromatic carbocycles. The fourth-order valence-corrected chi connectivity index (χ4v) is 8.04. The van der Waals surface area contributed by atoms with Crippen LogP contribution in [0.4, 0.5) is 0 Å². The molecule has 242 valence electrons. The zero-order chi connectivity index (χ0) is 34.4. The molecule has 0 heteroatoms. The van der Waals surface area contributed by atoms with Crippen molar-refractivity contribution in [2.75, 3.05) is 0 Å². The number of benzene rings is 10. The van der Waals surface area contributed by atoms with Gasteiger partial charge in [-0.05, 0) is 123 Å². The molecule has 0 amide bonds. The van der Waals surface area contributed by atoms with Crippen LogP contribution in [0, 0.1) is 0 Å². The lowest BCUT2D eigenvalue weighted by Crippen LogP contribution is -1.91. The van der Waals surface area contributed by atoms with Crippen molar-refractivity contribution in [2.24, 2.45) is 0 Å². The molecule has 52 heavy (non-hydrogen) atoms. The van der Waals surface area contributed by atoms with Gasteiger partial charge in [-0.1, -0.05) is 182 Å². The average Bonchev–Trinajstić information content (AvgIpc) is 3.22. The first kappa shape index (κ1) is 30.1. The van der Waals surface area contributed by atoms with Crippen molar-refractivity contribution in [1.29, 1.82) is 0 Å². The van der Waals surface area contributed by atoms with Crippen LogP contribution < -0.4 is 0 Å². The summed E-state index contributed by atoms with van der Waals surface area (Å²) in [5.74, 6) is 0. The molecule has 0 bridgehead atoms. The Kier molecular flexibility index (Phi) is 7.25. The van der Waals surface area contributed by atoms with Crippen molar-refractivity contribution in [1.82, 2.24) is 0 Å². The molecule has 10 aromatic rings. The van der Waals surface area contributed by atoms with Crippen LogP contribution in [-0.4, -0.2) is 0 Å². The molecule has 0 radical (unpaired) electrons. The summed E-state index contributed by atoms with van der Waals surface area (Å²) in [6.07, 6.45) is 0. The van der Waals surface area contributed by atoms with Gasteiger partial charge in [0.2, 0.25) is 0 Å². The van der Waals surface area contributed by atoms with E-state index in [0.29, 0.717) is 0 Å². The van der Waals surface area contributed by atoms with Gasteiger partial charge < -0.3 is 0 Å². The molecule has 0 aromatic heterocycles. The lowest BCUT2D eigenvalue weighted by molar-refractivity contribution is 1.59. The molecular weight excluding hydrogens is 625 g/mol. The van der Waals surface area contributed by atoms with Gasteiger partial charge in [0, 0.05) is 0 Å². The molecule has 0 N–H and O–H groups in total. The summed E-state index contributed by atoms with van der Waals surface area (Å²) in [6.45, 7) is 0. The summed E-state index contributed by atoms with van der Waals surface area (Å²) >= 11 is 0. The van der Waals surface area contributed by atoms with Crippen LogP contribution in [0.3, 0.4) is 0 Å². The molecule has 0 aliphatic rings. The van der Waals surface area contributed by atoms with Crippen LogP contribution in [0.1, 0.15) is 0 Å². The molecule has 0 saturated carbocycles. The second-order valence-electron chi connectivity index (χ2n) is 13.7. The first-order valence-electron chi connectivity index (χ1n) is 18.0. The van der Waals surface area contributed by atoms with Crippen molar-refractivity contribution < 1.29 is 0 Å². The summed E-state index contributed by atoms with van der Waals surface area (Å²) in [7, 11) is 0. The Hall–Kier alpha value is -6.76. The van der Waals surface area contributed by atoms with Crippen LogP contribution in [-0.2, 0) is 0 Å². The maximum absolute atomic E-state index is 2.34. The van der Waals surface area contributed by atoms with Crippen LogP contribution in [0.2, 0.25) is 0 Å². The van der Waals surface area contributed by atoms with E-state index in [2.05, 4.69) is 206 Å². The van der Waals surface area contributed by atoms with Crippen molar-refractivity contribution in [2.45, 2.75) is 0 Å². The predicted octanol–water partition coefficient (Wildman–Crippen LogP) is 14.6. The van der Waals surface area contributed by atoms with E-state index in [1.54, 1.807) is 0 Å². The van der Waals surface area contributed by atoms with Crippen LogP contribution >= 0.6 is 0 Å². The molecule has 0 nitrogen and oxygen atoms in total. The zero-order valence-corrected chi connectivity index (χ0v) is 28.6. The normalized spacial score (nSPS) is 11.5. The fraction of sp³-hybridized carbons (Fsp3) is 0. The van der Waals surface area contributed by atoms with E-state index in [1.807, 2.05) is 0 Å². The standard InChI is InChI=1S/C52H34/c1-2-11-35(12-3-1)42-26-27-45-33-43(28-29-44(45)32-42)41-16-10-15-40(31-41)37-21-24-38(25-22-37)51-47-17-6-8-19-49(47)52(50-20-9-7-18-48(50)51)46-30-23-36-13-4-5-14-39(36)34-46/h1-34H. The van der Waals surface area contributed by atoms with Gasteiger partial charge in [0.1, 0.15) is 0 Å². The minimum Gasteiger partial charge on any atom is -0.0622 e. The Morgan fingerprint density at radius 2 is 0.519 bits per heavy atom. The zero-order valence-electron chi connectivity index (χ0n) is 28.6. The van der Waals surface area contributed by atoms with Gasteiger partial charge in [0.15, 0.2) is 0 Å². The average molecular weight is 659 g/mol. The Morgan fingerprint density at radius 3 is 1.15 bits per heavy atom. The summed E-state index contributed by atoms with van der Waals surface area (Å²) in [4.78, 5) is 0. The lowest BCUT2D eigenvalue weighted by Gasteiger charge is -2.18. The largest absolute Gasteiger partial charge is 0.0622 e. The highest BCUT2D eigenvalue weighted by Gasteiger charge is 2.17. The highest BCUT2D eigenvalue weighted by Crippen LogP contribution is 2.44. The maximum Gasteiger partial charge on any atom is -0.00262 e. The van der Waals surface area contributed by atoms with Gasteiger partial charge in [-0.25, -0.2) is 0 Å². The van der Waals surface area contributed by atoms with E-state index < -0.39 is 0 Å². The van der Waals surface area contributed by atoms with Gasteiger partial charge in [-0.15, -0.1) is 0 Å². The third-order valence-electron chi connectivity index (χ3n) is 10.6. The van der Waals surface area contributed by atoms with Gasteiger partial charge >= 0.3 is 0 Å². The fourth-order valence-electron chi connectivity index (χ4n) is 8.04. The predicted molar refractivity (Wildman–Crippen MR) is 224 cm³/mol. The minimum absolute atomic E-state index is 1.21. The second-order valence-corrected chi connectivity index (χ2v) is 13.7. The molecule has 0 unspecified atom stereocenters. The van der Waals surface area contributed by atoms with E-state index in [1.165, 1.54) is 98.7 Å². The molecule has 0 aliphatic heterocycles. The first-order valence-corrected chi connectivity index (χ1v) is 18.0. The van der Waals surface area contributed by atoms with E-state index in [4.69, 9.17) is 0 Å². The first-order chi connectivity index (χ1) is 25.8. The molecular formula is C52H34. The van der Waals surface area contributed by atoms with Crippen LogP contribution in [0.5, 0.6) is 0 Å². The van der Waals surface area contributed by atoms with Gasteiger partial charge in [-0.3, -0.25) is 0 Å². The highest BCUT2D eigenvalue weighted by atomic mass is 14.2. The topological polar surface area (TPSA) is 0 Å². The molecule has 0 saturated heterocycles. The van der Waals surface area contributed by atoms with Crippen molar-refractivity contribution in [3.8, 4) is 55.6 Å². The van der Waals surface area contributed by atoms with Gasteiger partial charge in [0.25, 0.3) is 0 Å². The third-order valence-corrected chi connectivity index (χ3v) is 10.6. The third kappa shape index (κ3) is 5.25. The minimum atomic E-state index is 1.21. The molecule has 0 spiro atoms. The Labute approximate surface area is 303 Å². The summed E-state index contributed by atoms with van der Waals surface area (Å²) in [5, 5.41) is 10.1. The summed E-state index contributed by atoms with van der Waals surface area (Å²) in [6, 6.07) is 75.5. The van der Waals surface area contributed by atoms with Gasteiger partial charge in [-0.2, -0.15) is 0 Å². The van der Waals surface area contributed by atoms with Crippen molar-refractivity contribution >= 4 is 43.1 Å². The van der Waals surface area contributed by atoms with E-state index in [9.17, 15) is 0 Å². The molecule has 0 fully saturated rings. The molecule has 0 aliphatic carbocycles. The van der Waals surface area contributed by atoms with Crippen LogP contribution in [0.15, 0.2) is 206 Å². The maximum atomic E-state index is 2.34. The Balaban J connectivity index is 1.03. The van der Waals surface area contributed by atoms with Crippen molar-refractivity contribution in [3.63, 3.8) is 0 Å². The Morgan fingerprint density at radius 1 is 0.173 bits per heavy atom. The second kappa shape index (κ2) is 12.5. The monoisotopic (exact) mass is 658 g/mol. The van der Waals surface area contributed by atoms with E-state index in [-0.39, 0.29) is 0 Å². The Bertz CT molecular complexity index is 2880. The number of fused-ring (bicyclic) bond motifs is 4. The smallest absolute Gasteiger partial charge is 0.00262 e. The van der Waals surface area contributed by atoms with E-state index >= 15 is 0 Å².